The van der Waals surface area contributed by atoms with Gasteiger partial charge in [0.25, 0.3) is 0 Å². The van der Waals surface area contributed by atoms with E-state index in [4.69, 9.17) is 50.8 Å². The number of aliphatic carboxylic acids is 4. The summed E-state index contributed by atoms with van der Waals surface area (Å²) >= 11 is 0. The van der Waals surface area contributed by atoms with Crippen LogP contribution in [0.3, 0.4) is 0 Å². The van der Waals surface area contributed by atoms with Crippen molar-refractivity contribution in [3.8, 4) is 23.0 Å². The lowest BCUT2D eigenvalue weighted by molar-refractivity contribution is -0.154. The summed E-state index contributed by atoms with van der Waals surface area (Å²) in [5, 5.41) is 38.8. The molecule has 25 heteroatoms. The highest BCUT2D eigenvalue weighted by Gasteiger charge is 2.31. The van der Waals surface area contributed by atoms with Gasteiger partial charge in [-0.2, -0.15) is 26.3 Å². The maximum Gasteiger partial charge on any atom is 0.422 e. The molecular weight excluding hydrogens is 910 g/mol. The monoisotopic (exact) mass is 964 g/mol. The molecule has 2 heterocycles. The number of carboxylic acid groups (broad SMARTS) is 4. The molecule has 0 amide bonds. The van der Waals surface area contributed by atoms with E-state index in [1.54, 1.807) is 48.8 Å². The Hall–Kier alpha value is -7.12. The first kappa shape index (κ1) is 59.9. The van der Waals surface area contributed by atoms with Crippen LogP contribution in [0.5, 0.6) is 23.0 Å². The molecule has 0 radical (unpaired) electrons. The van der Waals surface area contributed by atoms with E-state index in [0.717, 1.165) is 25.7 Å². The van der Waals surface area contributed by atoms with Crippen molar-refractivity contribution >= 4 is 57.1 Å². The molecule has 12 N–H and O–H groups in total. The van der Waals surface area contributed by atoms with Gasteiger partial charge in [0.05, 0.1) is 36.6 Å². The highest BCUT2D eigenvalue weighted by molar-refractivity contribution is 5.98. The molecule has 2 atom stereocenters. The lowest BCUT2D eigenvalue weighted by Gasteiger charge is -2.20. The summed E-state index contributed by atoms with van der Waals surface area (Å²) in [6.45, 7) is 2.41. The predicted molar refractivity (Wildman–Crippen MR) is 235 cm³/mol. The van der Waals surface area contributed by atoms with Crippen molar-refractivity contribution in [3.63, 3.8) is 0 Å². The summed E-state index contributed by atoms with van der Waals surface area (Å²) in [6.07, 6.45) is -0.0301. The quantitative estimate of drug-likeness (QED) is 0.0369. The third-order valence-corrected chi connectivity index (χ3v) is 8.04. The minimum atomic E-state index is -4.44. The first-order valence-electron chi connectivity index (χ1n) is 19.5. The van der Waals surface area contributed by atoms with Crippen molar-refractivity contribution in [2.45, 2.75) is 64.0 Å². The van der Waals surface area contributed by atoms with Crippen LogP contribution < -0.4 is 41.0 Å². The van der Waals surface area contributed by atoms with Crippen LogP contribution in [0.15, 0.2) is 73.1 Å². The molecule has 67 heavy (non-hydrogen) atoms. The minimum Gasteiger partial charge on any atom is -0.493 e. The van der Waals surface area contributed by atoms with Gasteiger partial charge in [0.15, 0.2) is 36.2 Å². The van der Waals surface area contributed by atoms with E-state index >= 15 is 0 Å². The van der Waals surface area contributed by atoms with Crippen LogP contribution in [0.25, 0.3) is 21.8 Å². The Morgan fingerprint density at radius 2 is 0.955 bits per heavy atom. The van der Waals surface area contributed by atoms with E-state index < -0.39 is 49.4 Å². The third kappa shape index (κ3) is 24.1. The Morgan fingerprint density at radius 3 is 1.21 bits per heavy atom. The molecule has 4 aromatic rings. The van der Waals surface area contributed by atoms with Gasteiger partial charge in [0.2, 0.25) is 0 Å². The van der Waals surface area contributed by atoms with Crippen molar-refractivity contribution in [3.05, 3.63) is 73.1 Å². The number of benzene rings is 2. The largest absolute Gasteiger partial charge is 0.493 e. The lowest BCUT2D eigenvalue weighted by Crippen LogP contribution is -2.20. The van der Waals surface area contributed by atoms with Gasteiger partial charge < -0.3 is 67.0 Å². The first-order chi connectivity index (χ1) is 31.0. The molecule has 0 aliphatic carbocycles. The van der Waals surface area contributed by atoms with Gasteiger partial charge in [-0.15, -0.1) is 0 Å². The smallest absolute Gasteiger partial charge is 0.422 e. The normalized spacial score (nSPS) is 11.9. The molecule has 0 aliphatic heterocycles. The number of carbonyl (C=O) groups is 4. The number of pyridine rings is 2. The van der Waals surface area contributed by atoms with Gasteiger partial charge in [-0.3, -0.25) is 9.97 Å². The van der Waals surface area contributed by atoms with Crippen LogP contribution >= 0.6 is 0 Å². The van der Waals surface area contributed by atoms with Crippen LogP contribution in [-0.2, 0) is 19.2 Å². The van der Waals surface area contributed by atoms with Crippen LogP contribution in [0.2, 0.25) is 0 Å². The Balaban J connectivity index is 0.000000974. The fourth-order valence-corrected chi connectivity index (χ4v) is 5.34. The fraction of sp³-hybridized carbons (Fsp3) is 0.381. The number of nitrogens with zero attached hydrogens (tertiary/aromatic N) is 2. The highest BCUT2D eigenvalue weighted by atomic mass is 19.4. The Labute approximate surface area is 379 Å². The maximum atomic E-state index is 12.5. The number of fused-ring (bicyclic) bond motifs is 2. The van der Waals surface area contributed by atoms with Crippen molar-refractivity contribution in [2.75, 3.05) is 51.2 Å². The molecule has 2 aromatic heterocycles. The number of carboxylic acids is 4. The number of hydrogen-bond acceptors (Lipinski definition) is 14. The first-order valence-corrected chi connectivity index (χ1v) is 19.5. The number of rotatable bonds is 20. The molecule has 0 saturated heterocycles. The second-order valence-electron chi connectivity index (χ2n) is 13.5. The van der Waals surface area contributed by atoms with Gasteiger partial charge in [0.1, 0.15) is 0 Å². The molecule has 0 bridgehead atoms. The van der Waals surface area contributed by atoms with Crippen LogP contribution in [0.1, 0.15) is 39.5 Å². The van der Waals surface area contributed by atoms with E-state index in [0.29, 0.717) is 70.6 Å². The standard InChI is InChI=1S/2C17H22F3N3O2.2C4H4O4.H2O/c2*1-11(5-3-7-21)23-13-9-14(24-2)16(25-10-17(18,19)20)12-6-4-8-22-15(12)13;2*5-3(6)1-2-4(7)8;/h2*4,6,8-9,11,23H,3,5,7,10,21H2,1-2H3;2*1-2H,(H,5,6)(H,7,8);1H2. The highest BCUT2D eigenvalue weighted by Crippen LogP contribution is 2.42. The van der Waals surface area contributed by atoms with Crippen molar-refractivity contribution < 1.29 is 90.4 Å². The Morgan fingerprint density at radius 1 is 0.642 bits per heavy atom. The SMILES string of the molecule is COc1cc(NC(C)CCCN)c2ncccc2c1OCC(F)(F)F.COc1cc(NC(C)CCCN)c2ncccc2c1OCC(F)(F)F.O.O=C(O)C=CC(=O)O.O=C(O)C=CC(=O)O. The summed E-state index contributed by atoms with van der Waals surface area (Å²) < 4.78 is 95.7. The summed E-state index contributed by atoms with van der Waals surface area (Å²) in [5.41, 5.74) is 13.5. The van der Waals surface area contributed by atoms with Crippen molar-refractivity contribution in [2.24, 2.45) is 11.5 Å². The van der Waals surface area contributed by atoms with Gasteiger partial charge >= 0.3 is 36.2 Å². The second kappa shape index (κ2) is 30.2. The molecular formula is C42H54F6N6O13. The molecule has 19 nitrogen and oxygen atoms in total. The minimum absolute atomic E-state index is 0. The average Bonchev–Trinajstić information content (AvgIpc) is 3.25. The van der Waals surface area contributed by atoms with Crippen molar-refractivity contribution in [1.82, 2.24) is 9.97 Å². The molecule has 2 unspecified atom stereocenters. The van der Waals surface area contributed by atoms with E-state index in [9.17, 15) is 45.5 Å². The van der Waals surface area contributed by atoms with Gasteiger partial charge in [0, 0.05) is 71.7 Å². The summed E-state index contributed by atoms with van der Waals surface area (Å²) in [4.78, 5) is 46.8. The van der Waals surface area contributed by atoms with E-state index in [1.807, 2.05) is 13.8 Å². The molecule has 4 rings (SSSR count). The molecule has 0 spiro atoms. The lowest BCUT2D eigenvalue weighted by atomic mass is 10.1. The summed E-state index contributed by atoms with van der Waals surface area (Å²) in [7, 11) is 2.78. The number of halogens is 6. The number of hydrogen-bond donors (Lipinski definition) is 8. The molecule has 372 valence electrons. The van der Waals surface area contributed by atoms with Crippen LogP contribution in [-0.4, -0.2) is 125 Å². The summed E-state index contributed by atoms with van der Waals surface area (Å²) in [6, 6.07) is 10.1. The topological polar surface area (TPSA) is 320 Å². The number of nitrogens with two attached hydrogens (primary N) is 2. The zero-order valence-corrected chi connectivity index (χ0v) is 36.6. The Bertz CT molecular complexity index is 2060. The maximum absolute atomic E-state index is 12.5. The van der Waals surface area contributed by atoms with E-state index in [1.165, 1.54) is 14.2 Å². The molecule has 2 aromatic carbocycles. The zero-order chi connectivity index (χ0) is 50.0. The van der Waals surface area contributed by atoms with Crippen molar-refractivity contribution in [1.29, 1.82) is 0 Å². The number of ether oxygens (including phenoxy) is 4. The van der Waals surface area contributed by atoms with Gasteiger partial charge in [-0.1, -0.05) is 0 Å². The third-order valence-electron chi connectivity index (χ3n) is 8.04. The molecule has 0 fully saturated rings. The Kier molecular flexibility index (Phi) is 26.9. The number of anilines is 2. The zero-order valence-electron chi connectivity index (χ0n) is 36.6. The van der Waals surface area contributed by atoms with Crippen LogP contribution in [0, 0.1) is 0 Å². The second-order valence-corrected chi connectivity index (χ2v) is 13.5. The van der Waals surface area contributed by atoms with Gasteiger partial charge in [-0.25, -0.2) is 19.2 Å². The number of methoxy groups -OCH3 is 2. The number of nitrogens with one attached hydrogen (secondary N) is 2. The predicted octanol–water partition coefficient (Wildman–Crippen LogP) is 6.05. The molecule has 0 saturated carbocycles. The average molecular weight is 965 g/mol. The summed E-state index contributed by atoms with van der Waals surface area (Å²) in [5.74, 6) is -4.53. The van der Waals surface area contributed by atoms with Gasteiger partial charge in [-0.05, 0) is 76.9 Å². The number of alkyl halides is 6. The van der Waals surface area contributed by atoms with E-state index in [-0.39, 0.29) is 40.6 Å². The van der Waals surface area contributed by atoms with Crippen LogP contribution in [0.4, 0.5) is 37.7 Å². The fourth-order valence-electron chi connectivity index (χ4n) is 5.34. The molecule has 0 aliphatic rings. The number of aromatic nitrogens is 2. The van der Waals surface area contributed by atoms with E-state index in [2.05, 4.69) is 20.6 Å².